The van der Waals surface area contributed by atoms with Gasteiger partial charge in [0.25, 0.3) is 0 Å². The molecular weight excluding hydrogens is 254 g/mol. The SMILES string of the molecule is CCCNC(C)(CCN(C)C1CCCN(C)C1)C(=O)O. The highest BCUT2D eigenvalue weighted by Crippen LogP contribution is 2.16. The summed E-state index contributed by atoms with van der Waals surface area (Å²) in [5.74, 6) is -0.750. The Bertz CT molecular complexity index is 311. The van der Waals surface area contributed by atoms with Gasteiger partial charge in [-0.2, -0.15) is 0 Å². The fourth-order valence-corrected chi connectivity index (χ4v) is 2.75. The Hall–Kier alpha value is -0.650. The van der Waals surface area contributed by atoms with Crippen molar-refractivity contribution in [3.8, 4) is 0 Å². The number of carbonyl (C=O) groups is 1. The summed E-state index contributed by atoms with van der Waals surface area (Å²) in [7, 11) is 4.27. The van der Waals surface area contributed by atoms with Crippen molar-refractivity contribution in [3.05, 3.63) is 0 Å². The average molecular weight is 285 g/mol. The van der Waals surface area contributed by atoms with Gasteiger partial charge in [0, 0.05) is 19.1 Å². The maximum Gasteiger partial charge on any atom is 0.323 e. The van der Waals surface area contributed by atoms with Gasteiger partial charge in [0.15, 0.2) is 0 Å². The van der Waals surface area contributed by atoms with E-state index in [4.69, 9.17) is 0 Å². The van der Waals surface area contributed by atoms with E-state index >= 15 is 0 Å². The number of rotatable bonds is 8. The molecule has 0 aliphatic carbocycles. The second kappa shape index (κ2) is 7.96. The van der Waals surface area contributed by atoms with Crippen molar-refractivity contribution in [2.24, 2.45) is 0 Å². The first-order chi connectivity index (χ1) is 9.39. The highest BCUT2D eigenvalue weighted by molar-refractivity contribution is 5.78. The number of aliphatic carboxylic acids is 1. The normalized spacial score (nSPS) is 23.8. The summed E-state index contributed by atoms with van der Waals surface area (Å²) in [5.41, 5.74) is -0.815. The molecule has 1 heterocycles. The molecule has 0 bridgehead atoms. The zero-order valence-corrected chi connectivity index (χ0v) is 13.5. The first-order valence-electron chi connectivity index (χ1n) is 7.76. The van der Waals surface area contributed by atoms with E-state index < -0.39 is 11.5 Å². The van der Waals surface area contributed by atoms with Crippen LogP contribution < -0.4 is 5.32 Å². The van der Waals surface area contributed by atoms with E-state index in [1.807, 2.05) is 0 Å². The highest BCUT2D eigenvalue weighted by Gasteiger charge is 2.33. The number of hydrogen-bond donors (Lipinski definition) is 2. The Labute approximate surface area is 123 Å². The van der Waals surface area contributed by atoms with Crippen molar-refractivity contribution >= 4 is 5.97 Å². The Morgan fingerprint density at radius 2 is 2.25 bits per heavy atom. The number of nitrogens with zero attached hydrogens (tertiary/aromatic N) is 2. The fourth-order valence-electron chi connectivity index (χ4n) is 2.75. The zero-order chi connectivity index (χ0) is 15.2. The second-order valence-electron chi connectivity index (χ2n) is 6.35. The van der Waals surface area contributed by atoms with Crippen LogP contribution in [-0.2, 0) is 4.79 Å². The molecule has 0 amide bonds. The number of likely N-dealkylation sites (N-methyl/N-ethyl adjacent to an activating group) is 2. The predicted molar refractivity (Wildman–Crippen MR) is 82.1 cm³/mol. The van der Waals surface area contributed by atoms with Gasteiger partial charge >= 0.3 is 5.97 Å². The lowest BCUT2D eigenvalue weighted by Crippen LogP contribution is -2.53. The first-order valence-corrected chi connectivity index (χ1v) is 7.76. The molecule has 1 saturated heterocycles. The van der Waals surface area contributed by atoms with E-state index in [0.29, 0.717) is 12.5 Å². The third kappa shape index (κ3) is 5.04. The Morgan fingerprint density at radius 1 is 1.55 bits per heavy atom. The molecular formula is C15H31N3O2. The van der Waals surface area contributed by atoms with Crippen LogP contribution in [0.5, 0.6) is 0 Å². The van der Waals surface area contributed by atoms with Crippen LogP contribution in [-0.4, -0.2) is 72.7 Å². The highest BCUT2D eigenvalue weighted by atomic mass is 16.4. The van der Waals surface area contributed by atoms with Crippen LogP contribution in [0.2, 0.25) is 0 Å². The van der Waals surface area contributed by atoms with Gasteiger partial charge in [-0.1, -0.05) is 6.92 Å². The van der Waals surface area contributed by atoms with Crippen LogP contribution in [0.25, 0.3) is 0 Å². The van der Waals surface area contributed by atoms with Crippen LogP contribution >= 0.6 is 0 Å². The smallest absolute Gasteiger partial charge is 0.323 e. The topological polar surface area (TPSA) is 55.8 Å². The molecule has 1 aliphatic rings. The molecule has 0 aromatic rings. The van der Waals surface area contributed by atoms with Crippen LogP contribution in [0, 0.1) is 0 Å². The van der Waals surface area contributed by atoms with E-state index in [2.05, 4.69) is 36.1 Å². The quantitative estimate of drug-likeness (QED) is 0.703. The van der Waals surface area contributed by atoms with E-state index in [1.165, 1.54) is 19.4 Å². The molecule has 5 heteroatoms. The molecule has 0 saturated carbocycles. The minimum atomic E-state index is -0.815. The number of nitrogens with one attached hydrogen (secondary N) is 1. The number of carboxylic acid groups (broad SMARTS) is 1. The summed E-state index contributed by atoms with van der Waals surface area (Å²) in [4.78, 5) is 16.2. The van der Waals surface area contributed by atoms with Crippen molar-refractivity contribution in [2.75, 3.05) is 40.3 Å². The average Bonchev–Trinajstić information content (AvgIpc) is 2.42. The lowest BCUT2D eigenvalue weighted by atomic mass is 9.96. The lowest BCUT2D eigenvalue weighted by Gasteiger charge is -2.37. The third-order valence-corrected chi connectivity index (χ3v) is 4.42. The standard InChI is InChI=1S/C15H31N3O2/c1-5-9-16-15(2,14(19)20)8-11-18(4)13-7-6-10-17(3)12-13/h13,16H,5-12H2,1-4H3,(H,19,20). The van der Waals surface area contributed by atoms with Crippen LogP contribution in [0.3, 0.4) is 0 Å². The lowest BCUT2D eigenvalue weighted by molar-refractivity contribution is -0.144. The second-order valence-corrected chi connectivity index (χ2v) is 6.35. The van der Waals surface area contributed by atoms with E-state index in [0.717, 1.165) is 26.1 Å². The molecule has 0 radical (unpaired) electrons. The summed E-state index contributed by atoms with van der Waals surface area (Å²) in [5, 5.41) is 12.6. The maximum atomic E-state index is 11.5. The summed E-state index contributed by atoms with van der Waals surface area (Å²) in [6.45, 7) is 7.68. The molecule has 0 aromatic heterocycles. The third-order valence-electron chi connectivity index (χ3n) is 4.42. The molecule has 0 spiro atoms. The molecule has 118 valence electrons. The predicted octanol–water partition coefficient (Wildman–Crippen LogP) is 1.25. The number of likely N-dealkylation sites (tertiary alicyclic amines) is 1. The molecule has 2 atom stereocenters. The summed E-state index contributed by atoms with van der Waals surface area (Å²) in [6, 6.07) is 0.554. The summed E-state index contributed by atoms with van der Waals surface area (Å²) >= 11 is 0. The van der Waals surface area contributed by atoms with E-state index in [1.54, 1.807) is 6.92 Å². The van der Waals surface area contributed by atoms with Gasteiger partial charge in [0.05, 0.1) is 0 Å². The van der Waals surface area contributed by atoms with Crippen molar-refractivity contribution in [1.82, 2.24) is 15.1 Å². The Kier molecular flexibility index (Phi) is 6.92. The zero-order valence-electron chi connectivity index (χ0n) is 13.5. The largest absolute Gasteiger partial charge is 0.480 e. The van der Waals surface area contributed by atoms with Gasteiger partial charge < -0.3 is 20.2 Å². The van der Waals surface area contributed by atoms with E-state index in [-0.39, 0.29) is 0 Å². The monoisotopic (exact) mass is 285 g/mol. The minimum Gasteiger partial charge on any atom is -0.480 e. The van der Waals surface area contributed by atoms with Crippen molar-refractivity contribution < 1.29 is 9.90 Å². The molecule has 5 nitrogen and oxygen atoms in total. The van der Waals surface area contributed by atoms with Crippen LogP contribution in [0.1, 0.15) is 39.5 Å². The van der Waals surface area contributed by atoms with Gasteiger partial charge in [0.1, 0.15) is 5.54 Å². The molecule has 0 aromatic carbocycles. The number of carboxylic acids is 1. The van der Waals surface area contributed by atoms with E-state index in [9.17, 15) is 9.90 Å². The van der Waals surface area contributed by atoms with Gasteiger partial charge in [-0.25, -0.2) is 0 Å². The van der Waals surface area contributed by atoms with Crippen LogP contribution in [0.4, 0.5) is 0 Å². The van der Waals surface area contributed by atoms with Crippen molar-refractivity contribution in [3.63, 3.8) is 0 Å². The molecule has 1 fully saturated rings. The van der Waals surface area contributed by atoms with Gasteiger partial charge in [-0.3, -0.25) is 4.79 Å². The van der Waals surface area contributed by atoms with Crippen molar-refractivity contribution in [1.29, 1.82) is 0 Å². The molecule has 2 unspecified atom stereocenters. The molecule has 1 rings (SSSR count). The number of piperidine rings is 1. The van der Waals surface area contributed by atoms with Crippen molar-refractivity contribution in [2.45, 2.75) is 51.1 Å². The van der Waals surface area contributed by atoms with Gasteiger partial charge in [-0.15, -0.1) is 0 Å². The maximum absolute atomic E-state index is 11.5. The Morgan fingerprint density at radius 3 is 2.80 bits per heavy atom. The molecule has 1 aliphatic heterocycles. The number of hydrogen-bond acceptors (Lipinski definition) is 4. The molecule has 2 N–H and O–H groups in total. The minimum absolute atomic E-state index is 0.554. The van der Waals surface area contributed by atoms with Gasteiger partial charge in [-0.05, 0) is 59.8 Å². The first kappa shape index (κ1) is 17.4. The summed E-state index contributed by atoms with van der Waals surface area (Å²) < 4.78 is 0. The Balaban J connectivity index is 2.47. The van der Waals surface area contributed by atoms with Gasteiger partial charge in [0.2, 0.25) is 0 Å². The fraction of sp³-hybridized carbons (Fsp3) is 0.933. The molecule has 20 heavy (non-hydrogen) atoms. The summed E-state index contributed by atoms with van der Waals surface area (Å²) in [6.07, 6.45) is 4.04. The van der Waals surface area contributed by atoms with Crippen LogP contribution in [0.15, 0.2) is 0 Å².